The molecule has 0 saturated heterocycles. The highest BCUT2D eigenvalue weighted by Crippen LogP contribution is 2.68. The molecule has 0 aromatic carbocycles. The Bertz CT molecular complexity index is 905. The SMILES string of the molecule is C[C@H]1CC[C@H]2[C@H](CC[C@@H]3[C@@H]2C(F)(F)C[C@]2(C)[C@@H](C(=O)Cn4cc(C#N)cn4)CC[C@@H]32)C1. The van der Waals surface area contributed by atoms with E-state index in [0.717, 1.165) is 38.5 Å². The molecular formula is C25H33F2N3O. The highest BCUT2D eigenvalue weighted by molar-refractivity contribution is 5.82. The molecule has 31 heavy (non-hydrogen) atoms. The minimum absolute atomic E-state index is 0.00739. The van der Waals surface area contributed by atoms with Gasteiger partial charge in [0.1, 0.15) is 6.07 Å². The van der Waals surface area contributed by atoms with E-state index in [2.05, 4.69) is 12.0 Å². The first kappa shape index (κ1) is 21.1. The molecule has 0 bridgehead atoms. The van der Waals surface area contributed by atoms with E-state index in [1.807, 2.05) is 13.0 Å². The summed E-state index contributed by atoms with van der Waals surface area (Å²) in [6.07, 6.45) is 9.58. The molecule has 1 heterocycles. The van der Waals surface area contributed by atoms with Crippen LogP contribution < -0.4 is 0 Å². The van der Waals surface area contributed by atoms with E-state index in [9.17, 15) is 4.79 Å². The Balaban J connectivity index is 1.39. The number of Topliss-reactive ketones (excluding diaryl/α,β-unsaturated/α-hetero) is 1. The number of carbonyl (C=O) groups excluding carboxylic acids is 1. The summed E-state index contributed by atoms with van der Waals surface area (Å²) in [6.45, 7) is 4.30. The van der Waals surface area contributed by atoms with E-state index in [4.69, 9.17) is 5.26 Å². The van der Waals surface area contributed by atoms with Crippen LogP contribution >= 0.6 is 0 Å². The molecule has 0 radical (unpaired) electrons. The average Bonchev–Trinajstić information content (AvgIpc) is 3.30. The lowest BCUT2D eigenvalue weighted by Gasteiger charge is -2.58. The first-order chi connectivity index (χ1) is 14.7. The van der Waals surface area contributed by atoms with Crippen LogP contribution in [0.5, 0.6) is 0 Å². The summed E-state index contributed by atoms with van der Waals surface area (Å²) in [4.78, 5) is 13.2. The van der Waals surface area contributed by atoms with Crippen molar-refractivity contribution in [2.45, 2.75) is 77.7 Å². The minimum Gasteiger partial charge on any atom is -0.297 e. The van der Waals surface area contributed by atoms with Crippen LogP contribution in [0.4, 0.5) is 8.78 Å². The maximum absolute atomic E-state index is 15.8. The van der Waals surface area contributed by atoms with Crippen molar-refractivity contribution in [3.8, 4) is 6.07 Å². The van der Waals surface area contributed by atoms with Gasteiger partial charge in [-0.1, -0.05) is 20.3 Å². The second-order valence-corrected chi connectivity index (χ2v) is 11.3. The van der Waals surface area contributed by atoms with Gasteiger partial charge in [0.05, 0.1) is 18.3 Å². The number of fused-ring (bicyclic) bond motifs is 5. The fraction of sp³-hybridized carbons (Fsp3) is 0.800. The summed E-state index contributed by atoms with van der Waals surface area (Å²) in [5.41, 5.74) is -0.226. The van der Waals surface area contributed by atoms with Gasteiger partial charge >= 0.3 is 0 Å². The first-order valence-electron chi connectivity index (χ1n) is 12.1. The van der Waals surface area contributed by atoms with Gasteiger partial charge in [-0.15, -0.1) is 0 Å². The lowest BCUT2D eigenvalue weighted by Crippen LogP contribution is -2.58. The Kier molecular flexibility index (Phi) is 5.03. The number of nitrogens with zero attached hydrogens (tertiary/aromatic N) is 3. The van der Waals surface area contributed by atoms with Gasteiger partial charge in [-0.05, 0) is 73.5 Å². The van der Waals surface area contributed by atoms with Crippen molar-refractivity contribution >= 4 is 5.78 Å². The number of hydrogen-bond acceptors (Lipinski definition) is 3. The summed E-state index contributed by atoms with van der Waals surface area (Å²) in [5, 5.41) is 13.1. The van der Waals surface area contributed by atoms with E-state index in [1.54, 1.807) is 6.20 Å². The van der Waals surface area contributed by atoms with Gasteiger partial charge in [0.25, 0.3) is 5.92 Å². The van der Waals surface area contributed by atoms with E-state index in [0.29, 0.717) is 23.8 Å². The van der Waals surface area contributed by atoms with Gasteiger partial charge in [-0.25, -0.2) is 8.78 Å². The molecule has 0 unspecified atom stereocenters. The molecule has 4 fully saturated rings. The molecule has 0 N–H and O–H groups in total. The summed E-state index contributed by atoms with van der Waals surface area (Å²) in [5.74, 6) is -1.97. The lowest BCUT2D eigenvalue weighted by atomic mass is 9.48. The Morgan fingerprint density at radius 1 is 1.23 bits per heavy atom. The topological polar surface area (TPSA) is 58.7 Å². The number of aromatic nitrogens is 2. The van der Waals surface area contributed by atoms with Crippen molar-refractivity contribution in [3.63, 3.8) is 0 Å². The molecule has 6 heteroatoms. The highest BCUT2D eigenvalue weighted by atomic mass is 19.3. The summed E-state index contributed by atoms with van der Waals surface area (Å²) in [7, 11) is 0. The van der Waals surface area contributed by atoms with Gasteiger partial charge in [0.2, 0.25) is 0 Å². The monoisotopic (exact) mass is 429 g/mol. The zero-order valence-electron chi connectivity index (χ0n) is 18.6. The molecular weight excluding hydrogens is 396 g/mol. The molecule has 0 amide bonds. The van der Waals surface area contributed by atoms with Crippen LogP contribution in [0.15, 0.2) is 12.4 Å². The van der Waals surface area contributed by atoms with Gasteiger partial charge in [0, 0.05) is 24.5 Å². The Hall–Kier alpha value is -1.77. The van der Waals surface area contributed by atoms with Crippen molar-refractivity contribution in [3.05, 3.63) is 18.0 Å². The number of hydrogen-bond donors (Lipinski definition) is 0. The lowest BCUT2D eigenvalue weighted by molar-refractivity contribution is -0.216. The smallest absolute Gasteiger partial charge is 0.252 e. The van der Waals surface area contributed by atoms with Crippen molar-refractivity contribution in [1.82, 2.24) is 9.78 Å². The molecule has 0 spiro atoms. The van der Waals surface area contributed by atoms with Crippen LogP contribution in [0, 0.1) is 58.2 Å². The molecule has 5 rings (SSSR count). The Morgan fingerprint density at radius 3 is 2.74 bits per heavy atom. The minimum atomic E-state index is -2.69. The molecule has 4 aliphatic rings. The van der Waals surface area contributed by atoms with Crippen LogP contribution in [0.25, 0.3) is 0 Å². The van der Waals surface area contributed by atoms with Crippen molar-refractivity contribution in [2.24, 2.45) is 46.8 Å². The maximum atomic E-state index is 15.8. The third-order valence-corrected chi connectivity index (χ3v) is 9.60. The summed E-state index contributed by atoms with van der Waals surface area (Å²) < 4.78 is 33.2. The second kappa shape index (κ2) is 7.39. The molecule has 0 aliphatic heterocycles. The van der Waals surface area contributed by atoms with E-state index >= 15 is 8.78 Å². The third-order valence-electron chi connectivity index (χ3n) is 9.60. The second-order valence-electron chi connectivity index (χ2n) is 11.3. The zero-order valence-corrected chi connectivity index (χ0v) is 18.6. The summed E-state index contributed by atoms with van der Waals surface area (Å²) >= 11 is 0. The fourth-order valence-electron chi connectivity index (χ4n) is 8.46. The van der Waals surface area contributed by atoms with Gasteiger partial charge in [-0.2, -0.15) is 10.4 Å². The first-order valence-corrected chi connectivity index (χ1v) is 12.1. The molecule has 8 atom stereocenters. The number of rotatable bonds is 3. The standard InChI is InChI=1S/C25H33F2N3O/c1-15-3-5-18-17(9-15)4-6-19-20-7-8-21(24(20,2)14-25(26,27)23(18)19)22(31)13-30-12-16(10-28)11-29-30/h11-12,15,17-21,23H,3-9,13-14H2,1-2H3/t15-,17+,18-,19-,20-,21+,23+,24-/m0/s1. The number of alkyl halides is 2. The summed E-state index contributed by atoms with van der Waals surface area (Å²) in [6, 6.07) is 2.02. The normalized spacial score (nSPS) is 43.4. The van der Waals surface area contributed by atoms with Crippen LogP contribution in [0.1, 0.15) is 70.8 Å². The maximum Gasteiger partial charge on any atom is 0.252 e. The predicted molar refractivity (Wildman–Crippen MR) is 112 cm³/mol. The van der Waals surface area contributed by atoms with Crippen LogP contribution in [0.3, 0.4) is 0 Å². The Labute approximate surface area is 183 Å². The quantitative estimate of drug-likeness (QED) is 0.640. The predicted octanol–water partition coefficient (Wildman–Crippen LogP) is 5.47. The molecule has 1 aromatic rings. The van der Waals surface area contributed by atoms with Gasteiger partial charge in [-0.3, -0.25) is 9.48 Å². The number of nitriles is 1. The van der Waals surface area contributed by atoms with E-state index in [1.165, 1.54) is 10.9 Å². The molecule has 1 aromatic heterocycles. The van der Waals surface area contributed by atoms with Crippen molar-refractivity contribution in [2.75, 3.05) is 0 Å². The van der Waals surface area contributed by atoms with Crippen molar-refractivity contribution in [1.29, 1.82) is 5.26 Å². The van der Waals surface area contributed by atoms with Gasteiger partial charge in [0.15, 0.2) is 5.78 Å². The van der Waals surface area contributed by atoms with E-state index in [-0.39, 0.29) is 42.4 Å². The van der Waals surface area contributed by atoms with E-state index < -0.39 is 17.3 Å². The van der Waals surface area contributed by atoms with Crippen LogP contribution in [-0.2, 0) is 11.3 Å². The highest BCUT2D eigenvalue weighted by Gasteiger charge is 2.67. The Morgan fingerprint density at radius 2 is 2.00 bits per heavy atom. The molecule has 4 saturated carbocycles. The molecule has 4 nitrogen and oxygen atoms in total. The number of carbonyl (C=O) groups is 1. The number of ketones is 1. The average molecular weight is 430 g/mol. The fourth-order valence-corrected chi connectivity index (χ4v) is 8.46. The molecule has 168 valence electrons. The van der Waals surface area contributed by atoms with Crippen LogP contribution in [0.2, 0.25) is 0 Å². The van der Waals surface area contributed by atoms with Crippen LogP contribution in [-0.4, -0.2) is 21.5 Å². The number of halogens is 2. The molecule has 4 aliphatic carbocycles. The van der Waals surface area contributed by atoms with Crippen molar-refractivity contribution < 1.29 is 13.6 Å². The zero-order chi connectivity index (χ0) is 22.0. The third kappa shape index (κ3) is 3.34. The largest absolute Gasteiger partial charge is 0.297 e. The van der Waals surface area contributed by atoms with Gasteiger partial charge < -0.3 is 0 Å².